The Morgan fingerprint density at radius 1 is 0.545 bits per heavy atom. The smallest absolute Gasteiger partial charge is 0.0584 e. The molecule has 0 atom stereocenters. The number of benzene rings is 5. The molecule has 5 aromatic carbocycles. The van der Waals surface area contributed by atoms with Gasteiger partial charge in [-0.3, -0.25) is 0 Å². The van der Waals surface area contributed by atoms with Gasteiger partial charge in [0.2, 0.25) is 0 Å². The maximum Gasteiger partial charge on any atom is 0.0584 e. The van der Waals surface area contributed by atoms with Gasteiger partial charge < -0.3 is 4.57 Å². The van der Waals surface area contributed by atoms with Gasteiger partial charge in [-0.1, -0.05) is 78.3 Å². The van der Waals surface area contributed by atoms with E-state index < -0.39 is 0 Å². The SMILES string of the molecule is Clc1cccc2c1sc1ccc(-c3ccc4c5ccccc5n(-c5ccccc5)c4c3)cc12. The molecule has 2 heterocycles. The lowest BCUT2D eigenvalue weighted by molar-refractivity contribution is 1.18. The van der Waals surface area contributed by atoms with E-state index in [1.54, 1.807) is 11.3 Å². The van der Waals surface area contributed by atoms with Crippen molar-refractivity contribution in [2.75, 3.05) is 0 Å². The monoisotopic (exact) mass is 459 g/mol. The van der Waals surface area contributed by atoms with Crippen LogP contribution in [0.25, 0.3) is 58.8 Å². The van der Waals surface area contributed by atoms with Crippen LogP contribution < -0.4 is 0 Å². The Kier molecular flexibility index (Phi) is 4.14. The Morgan fingerprint density at radius 2 is 1.27 bits per heavy atom. The number of nitrogens with zero attached hydrogens (tertiary/aromatic N) is 1. The highest BCUT2D eigenvalue weighted by Crippen LogP contribution is 2.40. The zero-order valence-corrected chi connectivity index (χ0v) is 19.2. The van der Waals surface area contributed by atoms with Crippen LogP contribution >= 0.6 is 22.9 Å². The van der Waals surface area contributed by atoms with Crippen LogP contribution in [0.15, 0.2) is 109 Å². The third kappa shape index (κ3) is 2.85. The van der Waals surface area contributed by atoms with Gasteiger partial charge in [-0.05, 0) is 53.6 Å². The summed E-state index contributed by atoms with van der Waals surface area (Å²) >= 11 is 8.23. The van der Waals surface area contributed by atoms with Crippen LogP contribution in [0.4, 0.5) is 0 Å². The molecule has 0 N–H and O–H groups in total. The van der Waals surface area contributed by atoms with E-state index in [1.165, 1.54) is 54.1 Å². The molecule has 0 amide bonds. The molecule has 0 unspecified atom stereocenters. The molecule has 7 aromatic rings. The van der Waals surface area contributed by atoms with Crippen molar-refractivity contribution in [1.82, 2.24) is 4.57 Å². The van der Waals surface area contributed by atoms with E-state index in [-0.39, 0.29) is 0 Å². The molecular weight excluding hydrogens is 442 g/mol. The molecule has 33 heavy (non-hydrogen) atoms. The second-order valence-corrected chi connectivity index (χ2v) is 9.81. The minimum atomic E-state index is 0.823. The van der Waals surface area contributed by atoms with Crippen LogP contribution in [-0.4, -0.2) is 4.57 Å². The number of aromatic nitrogens is 1. The van der Waals surface area contributed by atoms with E-state index in [2.05, 4.69) is 102 Å². The summed E-state index contributed by atoms with van der Waals surface area (Å²) in [6.07, 6.45) is 0. The minimum Gasteiger partial charge on any atom is -0.309 e. The molecule has 0 saturated heterocycles. The van der Waals surface area contributed by atoms with Crippen LogP contribution in [0.3, 0.4) is 0 Å². The average Bonchev–Trinajstić information content (AvgIpc) is 3.40. The fourth-order valence-electron chi connectivity index (χ4n) is 4.95. The molecule has 0 aliphatic carbocycles. The van der Waals surface area contributed by atoms with E-state index in [9.17, 15) is 0 Å². The van der Waals surface area contributed by atoms with Gasteiger partial charge >= 0.3 is 0 Å². The van der Waals surface area contributed by atoms with Gasteiger partial charge in [0.25, 0.3) is 0 Å². The summed E-state index contributed by atoms with van der Waals surface area (Å²) in [5.74, 6) is 0. The lowest BCUT2D eigenvalue weighted by Gasteiger charge is -2.09. The highest BCUT2D eigenvalue weighted by molar-refractivity contribution is 7.26. The van der Waals surface area contributed by atoms with Crippen LogP contribution in [0.5, 0.6) is 0 Å². The molecule has 7 rings (SSSR count). The number of fused-ring (bicyclic) bond motifs is 6. The van der Waals surface area contributed by atoms with Crippen molar-refractivity contribution >= 4 is 64.9 Å². The number of hydrogen-bond donors (Lipinski definition) is 0. The third-order valence-corrected chi connectivity index (χ3v) is 8.12. The van der Waals surface area contributed by atoms with Crippen molar-refractivity contribution in [1.29, 1.82) is 0 Å². The normalized spacial score (nSPS) is 11.8. The summed E-state index contributed by atoms with van der Waals surface area (Å²) in [4.78, 5) is 0. The molecule has 0 spiro atoms. The molecule has 0 saturated carbocycles. The Labute approximate surface area is 200 Å². The standard InChI is InChI=1S/C30H18ClNS/c31-26-11-6-10-24-25-17-19(14-16-29(25)33-30(24)26)20-13-15-23-22-9-4-5-12-27(22)32(28(23)18-20)21-7-2-1-3-8-21/h1-18H. The van der Waals surface area contributed by atoms with Crippen molar-refractivity contribution in [3.63, 3.8) is 0 Å². The summed E-state index contributed by atoms with van der Waals surface area (Å²) in [6, 6.07) is 39.0. The molecule has 0 aliphatic heterocycles. The topological polar surface area (TPSA) is 4.93 Å². The Hall–Kier alpha value is -3.59. The van der Waals surface area contributed by atoms with E-state index in [1.807, 2.05) is 12.1 Å². The zero-order chi connectivity index (χ0) is 21.9. The Morgan fingerprint density at radius 3 is 2.18 bits per heavy atom. The zero-order valence-electron chi connectivity index (χ0n) is 17.6. The van der Waals surface area contributed by atoms with Crippen molar-refractivity contribution in [2.45, 2.75) is 0 Å². The number of para-hydroxylation sites is 2. The van der Waals surface area contributed by atoms with Gasteiger partial charge in [-0.25, -0.2) is 0 Å². The highest BCUT2D eigenvalue weighted by Gasteiger charge is 2.14. The van der Waals surface area contributed by atoms with Gasteiger partial charge in [-0.15, -0.1) is 11.3 Å². The third-order valence-electron chi connectivity index (χ3n) is 6.47. The summed E-state index contributed by atoms with van der Waals surface area (Å²) in [5, 5.41) is 5.86. The Bertz CT molecular complexity index is 1830. The first kappa shape index (κ1) is 18.9. The second-order valence-electron chi connectivity index (χ2n) is 8.35. The molecule has 156 valence electrons. The predicted octanol–water partition coefficient (Wildman–Crippen LogP) is 9.47. The summed E-state index contributed by atoms with van der Waals surface area (Å²) < 4.78 is 4.79. The van der Waals surface area contributed by atoms with E-state index in [4.69, 9.17) is 11.6 Å². The molecule has 2 aromatic heterocycles. The average molecular weight is 460 g/mol. The lowest BCUT2D eigenvalue weighted by Crippen LogP contribution is -1.93. The van der Waals surface area contributed by atoms with Crippen LogP contribution in [0.2, 0.25) is 5.02 Å². The molecule has 0 aliphatic rings. The molecule has 1 nitrogen and oxygen atoms in total. The number of rotatable bonds is 2. The first-order chi connectivity index (χ1) is 16.3. The predicted molar refractivity (Wildman–Crippen MR) is 144 cm³/mol. The van der Waals surface area contributed by atoms with Crippen molar-refractivity contribution < 1.29 is 0 Å². The molecule has 3 heteroatoms. The van der Waals surface area contributed by atoms with Crippen LogP contribution in [-0.2, 0) is 0 Å². The number of hydrogen-bond acceptors (Lipinski definition) is 1. The summed E-state index contributed by atoms with van der Waals surface area (Å²) in [7, 11) is 0. The van der Waals surface area contributed by atoms with Crippen LogP contribution in [0, 0.1) is 0 Å². The highest BCUT2D eigenvalue weighted by atomic mass is 35.5. The van der Waals surface area contributed by atoms with Crippen LogP contribution in [0.1, 0.15) is 0 Å². The number of thiophene rings is 1. The fourth-order valence-corrected chi connectivity index (χ4v) is 6.33. The minimum absolute atomic E-state index is 0.823. The summed E-state index contributed by atoms with van der Waals surface area (Å²) in [6.45, 7) is 0. The lowest BCUT2D eigenvalue weighted by atomic mass is 10.0. The molecule has 0 fully saturated rings. The quantitative estimate of drug-likeness (QED) is 0.242. The largest absolute Gasteiger partial charge is 0.309 e. The number of halogens is 1. The van der Waals surface area contributed by atoms with Crippen molar-refractivity contribution in [3.8, 4) is 16.8 Å². The molecule has 0 bridgehead atoms. The van der Waals surface area contributed by atoms with Crippen molar-refractivity contribution in [2.24, 2.45) is 0 Å². The first-order valence-electron chi connectivity index (χ1n) is 11.0. The van der Waals surface area contributed by atoms with Crippen molar-refractivity contribution in [3.05, 3.63) is 114 Å². The van der Waals surface area contributed by atoms with E-state index >= 15 is 0 Å². The Balaban J connectivity index is 1.50. The molecular formula is C30H18ClNS. The summed E-state index contributed by atoms with van der Waals surface area (Å²) in [5.41, 5.74) is 6.05. The van der Waals surface area contributed by atoms with Gasteiger partial charge in [0.05, 0.1) is 20.8 Å². The van der Waals surface area contributed by atoms with Gasteiger partial charge in [0.1, 0.15) is 0 Å². The fraction of sp³-hybridized carbons (Fsp3) is 0. The van der Waals surface area contributed by atoms with E-state index in [0.29, 0.717) is 0 Å². The second kappa shape index (κ2) is 7.21. The van der Waals surface area contributed by atoms with Gasteiger partial charge in [0.15, 0.2) is 0 Å². The van der Waals surface area contributed by atoms with E-state index in [0.717, 1.165) is 9.72 Å². The first-order valence-corrected chi connectivity index (χ1v) is 12.2. The maximum absolute atomic E-state index is 6.47. The van der Waals surface area contributed by atoms with Gasteiger partial charge in [-0.2, -0.15) is 0 Å². The maximum atomic E-state index is 6.47. The van der Waals surface area contributed by atoms with Gasteiger partial charge in [0, 0.05) is 31.9 Å². The molecule has 0 radical (unpaired) electrons.